The van der Waals surface area contributed by atoms with Crippen LogP contribution in [0.4, 0.5) is 5.69 Å². The van der Waals surface area contributed by atoms with Crippen molar-refractivity contribution in [2.45, 2.75) is 0 Å². The molecule has 2 amide bonds. The molecular weight excluding hydrogens is 897 g/mol. The Morgan fingerprint density at radius 1 is 0.315 bits per heavy atom. The van der Waals surface area contributed by atoms with Crippen LogP contribution in [0.1, 0.15) is 37.4 Å². The summed E-state index contributed by atoms with van der Waals surface area (Å²) in [5.41, 5.74) is 13.4. The van der Waals surface area contributed by atoms with E-state index in [4.69, 9.17) is 0 Å². The van der Waals surface area contributed by atoms with Crippen molar-refractivity contribution in [1.82, 2.24) is 9.13 Å². The van der Waals surface area contributed by atoms with Crippen LogP contribution in [0.25, 0.3) is 99.5 Å². The zero-order valence-electron chi connectivity index (χ0n) is 38.8. The van der Waals surface area contributed by atoms with Gasteiger partial charge in [0.1, 0.15) is 6.07 Å². The number of hydrogen-bond donors (Lipinski definition) is 0. The molecule has 0 bridgehead atoms. The SMILES string of the molecule is N#Cc1cccc(-c2ccc3c4ccccc4n(-c4cc(-c5cccc6c5C(=O)N(c5ccccc5-c5ccccc5)C6=O)c(-n5c6ccccc6c6ccc(-c7cccc(C#N)c7)cc65)cc4C#N)c3c2)c1. The van der Waals surface area contributed by atoms with Gasteiger partial charge < -0.3 is 9.13 Å². The number of benzene rings is 10. The molecule has 0 aliphatic carbocycles. The summed E-state index contributed by atoms with van der Waals surface area (Å²) >= 11 is 0. The number of fused-ring (bicyclic) bond motifs is 7. The number of hydrogen-bond acceptors (Lipinski definition) is 5. The van der Waals surface area contributed by atoms with E-state index in [0.29, 0.717) is 44.9 Å². The van der Waals surface area contributed by atoms with E-state index < -0.39 is 11.8 Å². The van der Waals surface area contributed by atoms with Crippen LogP contribution in [-0.4, -0.2) is 20.9 Å². The van der Waals surface area contributed by atoms with Gasteiger partial charge in [0.2, 0.25) is 0 Å². The molecule has 13 rings (SSSR count). The predicted molar refractivity (Wildman–Crippen MR) is 289 cm³/mol. The third-order valence-corrected chi connectivity index (χ3v) is 14.1. The van der Waals surface area contributed by atoms with Gasteiger partial charge in [-0.05, 0) is 106 Å². The van der Waals surface area contributed by atoms with E-state index in [0.717, 1.165) is 77.0 Å². The van der Waals surface area contributed by atoms with Gasteiger partial charge in [-0.3, -0.25) is 9.59 Å². The molecule has 12 aromatic rings. The molecule has 8 nitrogen and oxygen atoms in total. The highest BCUT2D eigenvalue weighted by atomic mass is 16.2. The second kappa shape index (κ2) is 16.8. The average Bonchev–Trinajstić information content (AvgIpc) is 4.06. The molecule has 0 unspecified atom stereocenters. The van der Waals surface area contributed by atoms with Crippen molar-refractivity contribution in [2.75, 3.05) is 4.90 Å². The molecule has 0 radical (unpaired) electrons. The Hall–Kier alpha value is -10.6. The summed E-state index contributed by atoms with van der Waals surface area (Å²) in [6, 6.07) is 77.4. The molecule has 73 heavy (non-hydrogen) atoms. The molecule has 0 saturated heterocycles. The molecule has 0 N–H and O–H groups in total. The molecule has 338 valence electrons. The van der Waals surface area contributed by atoms with Gasteiger partial charge in [-0.1, -0.05) is 146 Å². The molecule has 0 fully saturated rings. The number of carbonyl (C=O) groups excluding carboxylic acids is 2. The van der Waals surface area contributed by atoms with Crippen molar-refractivity contribution in [3.05, 3.63) is 246 Å². The van der Waals surface area contributed by atoms with E-state index in [2.05, 4.69) is 81.9 Å². The quantitative estimate of drug-likeness (QED) is 0.147. The molecule has 1 aliphatic rings. The first-order chi connectivity index (χ1) is 35.9. The highest BCUT2D eigenvalue weighted by Gasteiger charge is 2.40. The molecule has 8 heteroatoms. The third-order valence-electron chi connectivity index (χ3n) is 14.1. The van der Waals surface area contributed by atoms with Crippen LogP contribution >= 0.6 is 0 Å². The van der Waals surface area contributed by atoms with Crippen molar-refractivity contribution >= 4 is 61.1 Å². The lowest BCUT2D eigenvalue weighted by molar-refractivity contribution is 0.0926. The van der Waals surface area contributed by atoms with E-state index in [9.17, 15) is 20.6 Å². The van der Waals surface area contributed by atoms with E-state index >= 15 is 4.79 Å². The van der Waals surface area contributed by atoms with Crippen LogP contribution in [-0.2, 0) is 0 Å². The largest absolute Gasteiger partial charge is 0.309 e. The molecule has 3 heterocycles. The number of imide groups is 1. The average molecular weight is 933 g/mol. The van der Waals surface area contributed by atoms with Gasteiger partial charge >= 0.3 is 0 Å². The number of anilines is 1. The fourth-order valence-electron chi connectivity index (χ4n) is 10.9. The summed E-state index contributed by atoms with van der Waals surface area (Å²) in [5, 5.41) is 35.1. The molecule has 0 saturated carbocycles. The Balaban J connectivity index is 1.12. The summed E-state index contributed by atoms with van der Waals surface area (Å²) in [5.74, 6) is -0.893. The van der Waals surface area contributed by atoms with Gasteiger partial charge in [0.05, 0.1) is 79.1 Å². The first-order valence-electron chi connectivity index (χ1n) is 23.8. The lowest BCUT2D eigenvalue weighted by atomic mass is 9.93. The summed E-state index contributed by atoms with van der Waals surface area (Å²) < 4.78 is 4.26. The zero-order chi connectivity index (χ0) is 49.3. The predicted octanol–water partition coefficient (Wildman–Crippen LogP) is 15.0. The van der Waals surface area contributed by atoms with Gasteiger partial charge in [-0.15, -0.1) is 0 Å². The number of nitriles is 3. The number of aromatic nitrogens is 2. The summed E-state index contributed by atoms with van der Waals surface area (Å²) in [4.78, 5) is 31.7. The van der Waals surface area contributed by atoms with E-state index in [-0.39, 0.29) is 11.1 Å². The molecule has 10 aromatic carbocycles. The highest BCUT2D eigenvalue weighted by molar-refractivity contribution is 6.37. The maximum Gasteiger partial charge on any atom is 0.266 e. The standard InChI is InChI=1S/C65H36N6O2/c66-37-40-13-10-17-43(31-40)45-27-29-51-49-20-5-8-25-57(49)69(60(51)33-45)59-36-55(53-22-12-23-54-63(53)65(73)71(64(54)72)56-24-7-4-19-48(56)42-15-2-1-3-16-42)62(35-47(59)39-68)70-58-26-9-6-21-50(58)52-30-28-46(34-61(52)70)44-18-11-14-41(32-44)38-67/h1-36H. The minimum absolute atomic E-state index is 0.254. The van der Waals surface area contributed by atoms with Crippen LogP contribution in [0.3, 0.4) is 0 Å². The Bertz CT molecular complexity index is 4480. The number of amides is 2. The smallest absolute Gasteiger partial charge is 0.266 e. The molecule has 0 atom stereocenters. The maximum absolute atomic E-state index is 15.5. The Morgan fingerprint density at radius 2 is 0.808 bits per heavy atom. The topological polar surface area (TPSA) is 119 Å². The van der Waals surface area contributed by atoms with Crippen molar-refractivity contribution < 1.29 is 9.59 Å². The van der Waals surface area contributed by atoms with Crippen LogP contribution in [0, 0.1) is 34.0 Å². The van der Waals surface area contributed by atoms with Crippen molar-refractivity contribution in [2.24, 2.45) is 0 Å². The summed E-state index contributed by atoms with van der Waals surface area (Å²) in [6.45, 7) is 0. The lowest BCUT2D eigenvalue weighted by Gasteiger charge is -2.20. The fourth-order valence-corrected chi connectivity index (χ4v) is 10.9. The lowest BCUT2D eigenvalue weighted by Crippen LogP contribution is -2.30. The Kier molecular flexibility index (Phi) is 9.80. The van der Waals surface area contributed by atoms with Crippen LogP contribution < -0.4 is 4.90 Å². The fraction of sp³-hybridized carbons (Fsp3) is 0. The Labute approximate surface area is 418 Å². The van der Waals surface area contributed by atoms with Crippen molar-refractivity contribution in [3.8, 4) is 74.1 Å². The highest BCUT2D eigenvalue weighted by Crippen LogP contribution is 2.45. The Morgan fingerprint density at radius 3 is 1.42 bits per heavy atom. The first kappa shape index (κ1) is 42.5. The number of para-hydroxylation sites is 3. The van der Waals surface area contributed by atoms with Crippen LogP contribution in [0.2, 0.25) is 0 Å². The van der Waals surface area contributed by atoms with Gasteiger partial charge in [-0.25, -0.2) is 4.90 Å². The number of rotatable bonds is 7. The van der Waals surface area contributed by atoms with Crippen molar-refractivity contribution in [3.63, 3.8) is 0 Å². The van der Waals surface area contributed by atoms with E-state index in [1.54, 1.807) is 18.2 Å². The van der Waals surface area contributed by atoms with Gasteiger partial charge in [0, 0.05) is 32.7 Å². The summed E-state index contributed by atoms with van der Waals surface area (Å²) in [6.07, 6.45) is 0. The molecule has 1 aliphatic heterocycles. The minimum Gasteiger partial charge on any atom is -0.309 e. The number of nitrogens with zero attached hydrogens (tertiary/aromatic N) is 6. The number of carbonyl (C=O) groups is 2. The minimum atomic E-state index is -0.459. The normalized spacial score (nSPS) is 12.1. The third kappa shape index (κ3) is 6.66. The first-order valence-corrected chi connectivity index (χ1v) is 23.8. The van der Waals surface area contributed by atoms with Gasteiger partial charge in [-0.2, -0.15) is 15.8 Å². The molecule has 2 aromatic heterocycles. The van der Waals surface area contributed by atoms with Crippen LogP contribution in [0.5, 0.6) is 0 Å². The van der Waals surface area contributed by atoms with Crippen LogP contribution in [0.15, 0.2) is 218 Å². The monoisotopic (exact) mass is 932 g/mol. The second-order valence-electron chi connectivity index (χ2n) is 18.1. The van der Waals surface area contributed by atoms with E-state index in [1.807, 2.05) is 146 Å². The molecular formula is C65H36N6O2. The zero-order valence-corrected chi connectivity index (χ0v) is 38.8. The van der Waals surface area contributed by atoms with Crippen molar-refractivity contribution in [1.29, 1.82) is 15.8 Å². The van der Waals surface area contributed by atoms with Gasteiger partial charge in [0.25, 0.3) is 11.8 Å². The van der Waals surface area contributed by atoms with Gasteiger partial charge in [0.15, 0.2) is 0 Å². The maximum atomic E-state index is 15.5. The second-order valence-corrected chi connectivity index (χ2v) is 18.1. The summed E-state index contributed by atoms with van der Waals surface area (Å²) in [7, 11) is 0. The molecule has 0 spiro atoms. The van der Waals surface area contributed by atoms with E-state index in [1.165, 1.54) is 4.90 Å².